The molecule has 0 aromatic rings. The number of nitrogens with one attached hydrogen (secondary N) is 2. The lowest BCUT2D eigenvalue weighted by Gasteiger charge is -2.15. The van der Waals surface area contributed by atoms with Gasteiger partial charge in [0.2, 0.25) is 5.91 Å². The van der Waals surface area contributed by atoms with Crippen LogP contribution in [-0.4, -0.2) is 30.5 Å². The summed E-state index contributed by atoms with van der Waals surface area (Å²) in [6.07, 6.45) is 8.65. The predicted molar refractivity (Wildman–Crippen MR) is 108 cm³/mol. The van der Waals surface area contributed by atoms with Gasteiger partial charge in [-0.2, -0.15) is 0 Å². The van der Waals surface area contributed by atoms with Gasteiger partial charge in [0.15, 0.2) is 5.96 Å². The van der Waals surface area contributed by atoms with Gasteiger partial charge in [0, 0.05) is 18.5 Å². The Morgan fingerprint density at radius 3 is 2.48 bits per heavy atom. The van der Waals surface area contributed by atoms with Crippen molar-refractivity contribution in [3.63, 3.8) is 0 Å². The maximum Gasteiger partial charge on any atom is 0.222 e. The molecule has 5 nitrogen and oxygen atoms in total. The summed E-state index contributed by atoms with van der Waals surface area (Å²) in [7, 11) is 0. The second-order valence-electron chi connectivity index (χ2n) is 6.94. The number of hydrogen-bond donors (Lipinski definition) is 3. The zero-order valence-electron chi connectivity index (χ0n) is 14.9. The van der Waals surface area contributed by atoms with Crippen LogP contribution in [0.2, 0.25) is 0 Å². The van der Waals surface area contributed by atoms with Crippen molar-refractivity contribution in [3.05, 3.63) is 0 Å². The van der Waals surface area contributed by atoms with Crippen LogP contribution in [0.25, 0.3) is 0 Å². The summed E-state index contributed by atoms with van der Waals surface area (Å²) in [6.45, 7) is 7.06. The summed E-state index contributed by atoms with van der Waals surface area (Å²) >= 11 is 0. The Labute approximate surface area is 158 Å². The van der Waals surface area contributed by atoms with E-state index in [1.54, 1.807) is 0 Å². The molecule has 0 spiro atoms. The molecule has 1 aliphatic rings. The average Bonchev–Trinajstić information content (AvgIpc) is 2.90. The minimum atomic E-state index is 0. The number of carbonyl (C=O) groups is 1. The van der Waals surface area contributed by atoms with Crippen molar-refractivity contribution in [2.75, 3.05) is 6.54 Å². The largest absolute Gasteiger partial charge is 0.370 e. The first-order valence-electron chi connectivity index (χ1n) is 8.83. The molecule has 0 aromatic heterocycles. The molecule has 0 aromatic carbocycles. The molecular weight excluding hydrogens is 403 g/mol. The van der Waals surface area contributed by atoms with E-state index in [0.29, 0.717) is 31.0 Å². The number of aliphatic imine (C=N–C) groups is 1. The fourth-order valence-electron chi connectivity index (χ4n) is 2.85. The highest BCUT2D eigenvalue weighted by atomic mass is 127. The second-order valence-corrected chi connectivity index (χ2v) is 6.94. The van der Waals surface area contributed by atoms with E-state index in [1.165, 1.54) is 25.7 Å². The summed E-state index contributed by atoms with van der Waals surface area (Å²) in [4.78, 5) is 16.0. The van der Waals surface area contributed by atoms with Crippen LogP contribution in [0.1, 0.15) is 72.1 Å². The van der Waals surface area contributed by atoms with Gasteiger partial charge in [-0.25, -0.2) is 0 Å². The zero-order chi connectivity index (χ0) is 16.4. The van der Waals surface area contributed by atoms with E-state index in [1.807, 2.05) is 0 Å². The summed E-state index contributed by atoms with van der Waals surface area (Å²) < 4.78 is 0. The summed E-state index contributed by atoms with van der Waals surface area (Å²) in [6, 6.07) is 0.711. The van der Waals surface area contributed by atoms with E-state index in [0.717, 1.165) is 25.2 Å². The maximum atomic E-state index is 11.8. The molecule has 1 fully saturated rings. The minimum Gasteiger partial charge on any atom is -0.370 e. The van der Waals surface area contributed by atoms with Crippen LogP contribution in [0.15, 0.2) is 4.99 Å². The molecule has 0 saturated heterocycles. The SMILES string of the molecule is CC(C)CCCC(C)NC(N)=NCCC(=O)NC1CCCC1.I. The van der Waals surface area contributed by atoms with Gasteiger partial charge in [0.1, 0.15) is 0 Å². The van der Waals surface area contributed by atoms with Crippen LogP contribution in [0.4, 0.5) is 0 Å². The number of hydrogen-bond acceptors (Lipinski definition) is 2. The Hall–Kier alpha value is -0.530. The lowest BCUT2D eigenvalue weighted by atomic mass is 10.0. The van der Waals surface area contributed by atoms with Crippen molar-refractivity contribution < 1.29 is 4.79 Å². The summed E-state index contributed by atoms with van der Waals surface area (Å²) in [5.74, 6) is 1.29. The molecule has 6 heteroatoms. The van der Waals surface area contributed by atoms with Crippen LogP contribution in [0, 0.1) is 5.92 Å². The molecule has 1 unspecified atom stereocenters. The third-order valence-electron chi connectivity index (χ3n) is 4.15. The van der Waals surface area contributed by atoms with Crippen molar-refractivity contribution in [3.8, 4) is 0 Å². The number of carbonyl (C=O) groups excluding carboxylic acids is 1. The molecule has 1 saturated carbocycles. The molecular formula is C17H35IN4O. The fraction of sp³-hybridized carbons (Fsp3) is 0.882. The van der Waals surface area contributed by atoms with Crippen LogP contribution in [0.5, 0.6) is 0 Å². The first-order valence-corrected chi connectivity index (χ1v) is 8.83. The Morgan fingerprint density at radius 2 is 1.87 bits per heavy atom. The van der Waals surface area contributed by atoms with Crippen molar-refractivity contribution in [1.29, 1.82) is 0 Å². The Balaban J connectivity index is 0.00000484. The fourth-order valence-corrected chi connectivity index (χ4v) is 2.85. The van der Waals surface area contributed by atoms with Gasteiger partial charge in [0.25, 0.3) is 0 Å². The average molecular weight is 438 g/mol. The minimum absolute atomic E-state index is 0. The van der Waals surface area contributed by atoms with Crippen molar-refractivity contribution >= 4 is 35.8 Å². The Kier molecular flexibility index (Phi) is 12.5. The van der Waals surface area contributed by atoms with E-state index in [-0.39, 0.29) is 29.9 Å². The summed E-state index contributed by atoms with van der Waals surface area (Å²) in [5, 5.41) is 6.26. The zero-order valence-corrected chi connectivity index (χ0v) is 17.3. The van der Waals surface area contributed by atoms with E-state index < -0.39 is 0 Å². The molecule has 4 N–H and O–H groups in total. The highest BCUT2D eigenvalue weighted by molar-refractivity contribution is 14.0. The quantitative estimate of drug-likeness (QED) is 0.294. The van der Waals surface area contributed by atoms with Gasteiger partial charge >= 0.3 is 0 Å². The van der Waals surface area contributed by atoms with Gasteiger partial charge in [0.05, 0.1) is 6.54 Å². The molecule has 136 valence electrons. The normalized spacial score (nSPS) is 17.0. The van der Waals surface area contributed by atoms with E-state index in [2.05, 4.69) is 36.4 Å². The Morgan fingerprint density at radius 1 is 1.22 bits per heavy atom. The smallest absolute Gasteiger partial charge is 0.222 e. The molecule has 1 atom stereocenters. The number of guanidine groups is 1. The molecule has 1 aliphatic carbocycles. The van der Waals surface area contributed by atoms with Gasteiger partial charge in [-0.3, -0.25) is 9.79 Å². The van der Waals surface area contributed by atoms with Crippen molar-refractivity contribution in [2.24, 2.45) is 16.6 Å². The number of amides is 1. The molecule has 23 heavy (non-hydrogen) atoms. The second kappa shape index (κ2) is 12.8. The molecule has 0 radical (unpaired) electrons. The van der Waals surface area contributed by atoms with Crippen LogP contribution in [-0.2, 0) is 4.79 Å². The van der Waals surface area contributed by atoms with Gasteiger partial charge in [-0.15, -0.1) is 24.0 Å². The highest BCUT2D eigenvalue weighted by Crippen LogP contribution is 2.17. The molecule has 0 bridgehead atoms. The van der Waals surface area contributed by atoms with Crippen molar-refractivity contribution in [2.45, 2.75) is 84.2 Å². The number of rotatable bonds is 9. The topological polar surface area (TPSA) is 79.5 Å². The third kappa shape index (κ3) is 11.6. The lowest BCUT2D eigenvalue weighted by Crippen LogP contribution is -2.39. The van der Waals surface area contributed by atoms with Crippen LogP contribution >= 0.6 is 24.0 Å². The highest BCUT2D eigenvalue weighted by Gasteiger charge is 2.16. The Bertz CT molecular complexity index is 355. The maximum absolute atomic E-state index is 11.8. The first kappa shape index (κ1) is 22.5. The van der Waals surface area contributed by atoms with Gasteiger partial charge in [-0.1, -0.05) is 39.5 Å². The van der Waals surface area contributed by atoms with Crippen molar-refractivity contribution in [1.82, 2.24) is 10.6 Å². The van der Waals surface area contributed by atoms with Gasteiger partial charge in [-0.05, 0) is 32.1 Å². The monoisotopic (exact) mass is 438 g/mol. The predicted octanol–water partition coefficient (Wildman–Crippen LogP) is 3.17. The number of nitrogens with two attached hydrogens (primary N) is 1. The van der Waals surface area contributed by atoms with Gasteiger partial charge < -0.3 is 16.4 Å². The standard InChI is InChI=1S/C17H34N4O.HI/c1-13(2)7-6-8-14(3)20-17(18)19-12-11-16(22)21-15-9-4-5-10-15;/h13-15H,4-12H2,1-3H3,(H,21,22)(H3,18,19,20);1H. The number of nitrogens with zero attached hydrogens (tertiary/aromatic N) is 1. The molecule has 0 aliphatic heterocycles. The lowest BCUT2D eigenvalue weighted by molar-refractivity contribution is -0.121. The van der Waals surface area contributed by atoms with E-state index in [4.69, 9.17) is 5.73 Å². The van der Waals surface area contributed by atoms with Crippen LogP contribution in [0.3, 0.4) is 0 Å². The third-order valence-corrected chi connectivity index (χ3v) is 4.15. The molecule has 1 amide bonds. The van der Waals surface area contributed by atoms with E-state index in [9.17, 15) is 4.79 Å². The first-order chi connectivity index (χ1) is 10.5. The molecule has 0 heterocycles. The summed E-state index contributed by atoms with van der Waals surface area (Å²) in [5.41, 5.74) is 5.86. The van der Waals surface area contributed by atoms with Crippen LogP contribution < -0.4 is 16.4 Å². The number of halogens is 1. The van der Waals surface area contributed by atoms with E-state index >= 15 is 0 Å². The molecule has 1 rings (SSSR count).